The molecule has 2 rings (SSSR count). The van der Waals surface area contributed by atoms with Gasteiger partial charge in [-0.1, -0.05) is 11.6 Å². The molecule has 1 aromatic heterocycles. The van der Waals surface area contributed by atoms with Crippen LogP contribution in [0.25, 0.3) is 0 Å². The van der Waals surface area contributed by atoms with Gasteiger partial charge in [-0.3, -0.25) is 0 Å². The third kappa shape index (κ3) is 3.07. The molecular formula is C12H17ClN4O2. The molecule has 1 aliphatic rings. The van der Waals surface area contributed by atoms with Crippen molar-refractivity contribution in [2.45, 2.75) is 26.3 Å². The number of aryl methyl sites for hydroxylation is 1. The molecule has 0 aromatic carbocycles. The highest BCUT2D eigenvalue weighted by molar-refractivity contribution is 6.30. The monoisotopic (exact) mass is 284 g/mol. The van der Waals surface area contributed by atoms with E-state index in [1.165, 1.54) is 7.11 Å². The summed E-state index contributed by atoms with van der Waals surface area (Å²) in [5.74, 6) is 1.49. The molecule has 1 saturated heterocycles. The highest BCUT2D eigenvalue weighted by Crippen LogP contribution is 2.26. The van der Waals surface area contributed by atoms with Crippen molar-refractivity contribution in [2.24, 2.45) is 0 Å². The van der Waals surface area contributed by atoms with Gasteiger partial charge >= 0.3 is 6.09 Å². The van der Waals surface area contributed by atoms with Crippen LogP contribution in [0.2, 0.25) is 5.15 Å². The van der Waals surface area contributed by atoms with Crippen LogP contribution in [0.4, 0.5) is 10.6 Å². The van der Waals surface area contributed by atoms with Gasteiger partial charge in [0.25, 0.3) is 0 Å². The molecule has 1 aliphatic heterocycles. The van der Waals surface area contributed by atoms with Crippen molar-refractivity contribution in [3.8, 4) is 0 Å². The fourth-order valence-corrected chi connectivity index (χ4v) is 2.39. The molecule has 0 saturated carbocycles. The second-order valence-electron chi connectivity index (χ2n) is 4.58. The van der Waals surface area contributed by atoms with Crippen molar-refractivity contribution >= 4 is 23.5 Å². The van der Waals surface area contributed by atoms with Crippen LogP contribution in [0.3, 0.4) is 0 Å². The Balaban J connectivity index is 2.11. The number of methoxy groups -OCH3 is 1. The largest absolute Gasteiger partial charge is 0.453 e. The van der Waals surface area contributed by atoms with Crippen LogP contribution < -0.4 is 10.2 Å². The lowest BCUT2D eigenvalue weighted by Gasteiger charge is -2.20. The van der Waals surface area contributed by atoms with Crippen molar-refractivity contribution in [3.63, 3.8) is 0 Å². The summed E-state index contributed by atoms with van der Waals surface area (Å²) >= 11 is 6.07. The summed E-state index contributed by atoms with van der Waals surface area (Å²) in [5.41, 5.74) is 0.867. The Bertz CT molecular complexity index is 495. The van der Waals surface area contributed by atoms with Gasteiger partial charge in [0.05, 0.1) is 13.2 Å². The number of halogens is 1. The van der Waals surface area contributed by atoms with Crippen molar-refractivity contribution in [2.75, 3.05) is 25.1 Å². The molecular weight excluding hydrogens is 268 g/mol. The van der Waals surface area contributed by atoms with E-state index in [-0.39, 0.29) is 6.04 Å². The van der Waals surface area contributed by atoms with E-state index in [0.717, 1.165) is 24.3 Å². The quantitative estimate of drug-likeness (QED) is 0.837. The van der Waals surface area contributed by atoms with Crippen LogP contribution in [0.15, 0.2) is 0 Å². The van der Waals surface area contributed by atoms with Crippen LogP contribution in [0.5, 0.6) is 0 Å². The number of hydrogen-bond donors (Lipinski definition) is 1. The predicted molar refractivity (Wildman–Crippen MR) is 72.7 cm³/mol. The van der Waals surface area contributed by atoms with Gasteiger partial charge in [-0.15, -0.1) is 0 Å². The number of anilines is 1. The Morgan fingerprint density at radius 1 is 1.47 bits per heavy atom. The summed E-state index contributed by atoms with van der Waals surface area (Å²) in [6.45, 7) is 5.23. The fraction of sp³-hybridized carbons (Fsp3) is 0.583. The first-order valence-electron chi connectivity index (χ1n) is 6.11. The highest BCUT2D eigenvalue weighted by Gasteiger charge is 2.26. The van der Waals surface area contributed by atoms with E-state index in [4.69, 9.17) is 11.6 Å². The molecule has 1 unspecified atom stereocenters. The summed E-state index contributed by atoms with van der Waals surface area (Å²) in [5, 5.41) is 3.28. The summed E-state index contributed by atoms with van der Waals surface area (Å²) in [7, 11) is 1.36. The minimum absolute atomic E-state index is 0.0703. The minimum Gasteiger partial charge on any atom is -0.453 e. The maximum Gasteiger partial charge on any atom is 0.407 e. The number of ether oxygens (including phenoxy) is 1. The molecule has 2 heterocycles. The van der Waals surface area contributed by atoms with Gasteiger partial charge in [-0.05, 0) is 20.3 Å². The van der Waals surface area contributed by atoms with E-state index in [9.17, 15) is 4.79 Å². The van der Waals surface area contributed by atoms with Gasteiger partial charge in [0, 0.05) is 18.7 Å². The first kappa shape index (κ1) is 13.9. The van der Waals surface area contributed by atoms with Crippen molar-refractivity contribution in [3.05, 3.63) is 16.5 Å². The maximum absolute atomic E-state index is 11.2. The number of nitrogens with one attached hydrogen (secondary N) is 1. The molecule has 7 heteroatoms. The number of rotatable bonds is 2. The fourth-order valence-electron chi connectivity index (χ4n) is 2.18. The number of carbonyl (C=O) groups is 1. The lowest BCUT2D eigenvalue weighted by molar-refractivity contribution is 0.167. The number of aromatic nitrogens is 2. The van der Waals surface area contributed by atoms with Crippen molar-refractivity contribution < 1.29 is 9.53 Å². The maximum atomic E-state index is 11.2. The van der Waals surface area contributed by atoms with Gasteiger partial charge < -0.3 is 15.0 Å². The Kier molecular flexibility index (Phi) is 4.09. The molecule has 6 nitrogen and oxygen atoms in total. The van der Waals surface area contributed by atoms with Gasteiger partial charge in [0.1, 0.15) is 16.8 Å². The number of hydrogen-bond acceptors (Lipinski definition) is 5. The molecule has 1 amide bonds. The molecule has 104 valence electrons. The Hall–Kier alpha value is -1.56. The Morgan fingerprint density at radius 2 is 2.21 bits per heavy atom. The van der Waals surface area contributed by atoms with E-state index in [0.29, 0.717) is 17.5 Å². The van der Waals surface area contributed by atoms with Crippen molar-refractivity contribution in [1.29, 1.82) is 0 Å². The Morgan fingerprint density at radius 3 is 2.89 bits per heavy atom. The van der Waals surface area contributed by atoms with Crippen LogP contribution >= 0.6 is 11.6 Å². The number of alkyl carbamates (subject to hydrolysis) is 1. The standard InChI is InChI=1S/C12H17ClN4O2/c1-7-10(13)14-8(2)15-11(7)17-5-4-9(6-17)16-12(18)19-3/h9H,4-6H2,1-3H3,(H,16,18). The zero-order valence-electron chi connectivity index (χ0n) is 11.2. The molecule has 1 aromatic rings. The lowest BCUT2D eigenvalue weighted by atomic mass is 10.3. The lowest BCUT2D eigenvalue weighted by Crippen LogP contribution is -2.37. The number of amides is 1. The van der Waals surface area contributed by atoms with E-state index in [1.807, 2.05) is 13.8 Å². The molecule has 1 atom stereocenters. The van der Waals surface area contributed by atoms with Crippen LogP contribution in [-0.4, -0.2) is 42.3 Å². The van der Waals surface area contributed by atoms with E-state index >= 15 is 0 Å². The Labute approximate surface area is 117 Å². The number of nitrogens with zero attached hydrogens (tertiary/aromatic N) is 3. The summed E-state index contributed by atoms with van der Waals surface area (Å²) in [4.78, 5) is 21.9. The summed E-state index contributed by atoms with van der Waals surface area (Å²) in [6.07, 6.45) is 0.454. The normalized spacial score (nSPS) is 18.5. The third-order valence-corrected chi connectivity index (χ3v) is 3.54. The second kappa shape index (κ2) is 5.61. The zero-order valence-corrected chi connectivity index (χ0v) is 12.0. The van der Waals surface area contributed by atoms with Crippen LogP contribution in [0, 0.1) is 13.8 Å². The second-order valence-corrected chi connectivity index (χ2v) is 4.94. The highest BCUT2D eigenvalue weighted by atomic mass is 35.5. The average molecular weight is 285 g/mol. The van der Waals surface area contributed by atoms with E-state index in [1.54, 1.807) is 0 Å². The van der Waals surface area contributed by atoms with Crippen LogP contribution in [-0.2, 0) is 4.74 Å². The third-order valence-electron chi connectivity index (χ3n) is 3.17. The first-order valence-corrected chi connectivity index (χ1v) is 6.49. The van der Waals surface area contributed by atoms with Gasteiger partial charge in [0.2, 0.25) is 0 Å². The molecule has 1 fully saturated rings. The smallest absolute Gasteiger partial charge is 0.407 e. The minimum atomic E-state index is -0.402. The van der Waals surface area contributed by atoms with E-state index < -0.39 is 6.09 Å². The molecule has 0 spiro atoms. The molecule has 0 radical (unpaired) electrons. The summed E-state index contributed by atoms with van der Waals surface area (Å²) in [6, 6.07) is 0.0703. The van der Waals surface area contributed by atoms with Crippen LogP contribution in [0.1, 0.15) is 17.8 Å². The topological polar surface area (TPSA) is 67.3 Å². The predicted octanol–water partition coefficient (Wildman–Crippen LogP) is 1.68. The molecule has 0 bridgehead atoms. The molecule has 1 N–H and O–H groups in total. The van der Waals surface area contributed by atoms with Gasteiger partial charge in [-0.25, -0.2) is 14.8 Å². The van der Waals surface area contributed by atoms with Gasteiger partial charge in [0.15, 0.2) is 0 Å². The SMILES string of the molecule is COC(=O)NC1CCN(c2nc(C)nc(Cl)c2C)C1. The number of carbonyl (C=O) groups excluding carboxylic acids is 1. The molecule has 0 aliphatic carbocycles. The average Bonchev–Trinajstić information content (AvgIpc) is 2.81. The summed E-state index contributed by atoms with van der Waals surface area (Å²) < 4.78 is 4.60. The first-order chi connectivity index (χ1) is 9.01. The van der Waals surface area contributed by atoms with Crippen molar-refractivity contribution in [1.82, 2.24) is 15.3 Å². The zero-order chi connectivity index (χ0) is 14.0. The van der Waals surface area contributed by atoms with E-state index in [2.05, 4.69) is 24.9 Å². The molecule has 19 heavy (non-hydrogen) atoms. The van der Waals surface area contributed by atoms with Gasteiger partial charge in [-0.2, -0.15) is 0 Å².